The number of nitriles is 1. The van der Waals surface area contributed by atoms with Crippen LogP contribution >= 0.6 is 0 Å². The Bertz CT molecular complexity index is 1040. The number of carbonyl (C=O) groups excluding carboxylic acids is 1. The number of nitrogen functional groups attached to an aromatic ring is 1. The van der Waals surface area contributed by atoms with Crippen molar-refractivity contribution in [3.05, 3.63) is 71.4 Å². The fraction of sp³-hybridized carbons (Fsp3) is 0.261. The molecule has 0 fully saturated rings. The number of ether oxygens (including phenoxy) is 1. The minimum absolute atomic E-state index is 0.0355. The summed E-state index contributed by atoms with van der Waals surface area (Å²) in [5.74, 6) is 0.822. The van der Waals surface area contributed by atoms with E-state index in [1.807, 2.05) is 54.6 Å². The van der Waals surface area contributed by atoms with E-state index >= 15 is 0 Å². The van der Waals surface area contributed by atoms with Crippen molar-refractivity contribution >= 4 is 11.7 Å². The van der Waals surface area contributed by atoms with Crippen LogP contribution in [0, 0.1) is 11.3 Å². The Morgan fingerprint density at radius 3 is 2.77 bits per heavy atom. The van der Waals surface area contributed by atoms with Crippen LogP contribution in [0.3, 0.4) is 0 Å². The highest BCUT2D eigenvalue weighted by molar-refractivity contribution is 5.77. The second-order valence-corrected chi connectivity index (χ2v) is 6.81. The molecule has 0 saturated heterocycles. The fourth-order valence-electron chi connectivity index (χ4n) is 3.08. The lowest BCUT2D eigenvalue weighted by Crippen LogP contribution is -2.30. The maximum atomic E-state index is 12.0. The summed E-state index contributed by atoms with van der Waals surface area (Å²) in [7, 11) is 0. The van der Waals surface area contributed by atoms with Gasteiger partial charge in [-0.3, -0.25) is 4.79 Å². The van der Waals surface area contributed by atoms with E-state index in [0.29, 0.717) is 42.2 Å². The van der Waals surface area contributed by atoms with Crippen molar-refractivity contribution in [3.8, 4) is 17.5 Å². The quantitative estimate of drug-likeness (QED) is 0.534. The van der Waals surface area contributed by atoms with Crippen molar-refractivity contribution < 1.29 is 9.53 Å². The van der Waals surface area contributed by atoms with Crippen LogP contribution in [0.5, 0.6) is 5.75 Å². The van der Waals surface area contributed by atoms with Crippen LogP contribution in [0.2, 0.25) is 0 Å². The number of benzene rings is 2. The molecule has 30 heavy (non-hydrogen) atoms. The zero-order chi connectivity index (χ0) is 21.3. The van der Waals surface area contributed by atoms with E-state index in [4.69, 9.17) is 10.5 Å². The van der Waals surface area contributed by atoms with Crippen LogP contribution in [-0.4, -0.2) is 28.8 Å². The second-order valence-electron chi connectivity index (χ2n) is 6.81. The Morgan fingerprint density at radius 1 is 1.23 bits per heavy atom. The van der Waals surface area contributed by atoms with E-state index in [9.17, 15) is 10.1 Å². The van der Waals surface area contributed by atoms with Crippen LogP contribution in [0.15, 0.2) is 54.6 Å². The highest BCUT2D eigenvalue weighted by Gasteiger charge is 2.16. The molecule has 7 nitrogen and oxygen atoms in total. The number of nitrogens with one attached hydrogen (secondary N) is 1. The van der Waals surface area contributed by atoms with Crippen LogP contribution in [-0.2, 0) is 17.6 Å². The maximum Gasteiger partial charge on any atom is 0.257 e. The van der Waals surface area contributed by atoms with Gasteiger partial charge in [0, 0.05) is 6.54 Å². The second kappa shape index (κ2) is 10.1. The molecule has 3 aromatic rings. The van der Waals surface area contributed by atoms with Gasteiger partial charge in [0.15, 0.2) is 6.61 Å². The first-order chi connectivity index (χ1) is 14.6. The van der Waals surface area contributed by atoms with Crippen molar-refractivity contribution in [1.29, 1.82) is 5.26 Å². The Morgan fingerprint density at radius 2 is 2.03 bits per heavy atom. The van der Waals surface area contributed by atoms with Gasteiger partial charge in [-0.2, -0.15) is 10.4 Å². The molecule has 0 bridgehead atoms. The minimum Gasteiger partial charge on any atom is -0.484 e. The largest absolute Gasteiger partial charge is 0.484 e. The number of aromatic nitrogens is 2. The van der Waals surface area contributed by atoms with E-state index in [1.165, 1.54) is 0 Å². The predicted molar refractivity (Wildman–Crippen MR) is 115 cm³/mol. The van der Waals surface area contributed by atoms with Crippen LogP contribution in [0.4, 0.5) is 5.82 Å². The highest BCUT2D eigenvalue weighted by atomic mass is 16.5. The summed E-state index contributed by atoms with van der Waals surface area (Å²) in [5.41, 5.74) is 9.07. The van der Waals surface area contributed by atoms with Gasteiger partial charge < -0.3 is 15.8 Å². The lowest BCUT2D eigenvalue weighted by atomic mass is 10.1. The number of para-hydroxylation sites is 1. The molecule has 0 atom stereocenters. The molecule has 0 unspecified atom stereocenters. The van der Waals surface area contributed by atoms with Crippen LogP contribution in [0.1, 0.15) is 30.2 Å². The summed E-state index contributed by atoms with van der Waals surface area (Å²) < 4.78 is 7.12. The number of hydrogen-bond acceptors (Lipinski definition) is 5. The molecule has 0 aliphatic heterocycles. The molecule has 3 N–H and O–H groups in total. The van der Waals surface area contributed by atoms with Gasteiger partial charge in [-0.05, 0) is 49.1 Å². The summed E-state index contributed by atoms with van der Waals surface area (Å²) in [6.45, 7) is 2.49. The maximum absolute atomic E-state index is 12.0. The third-order valence-electron chi connectivity index (χ3n) is 4.70. The van der Waals surface area contributed by atoms with Gasteiger partial charge in [-0.15, -0.1) is 0 Å². The SMILES string of the molecule is CCc1cccc(OCC(=O)NCCCc2nn(-c3ccccc3)c(N)c2C#N)c1. The summed E-state index contributed by atoms with van der Waals surface area (Å²) in [6.07, 6.45) is 2.09. The summed E-state index contributed by atoms with van der Waals surface area (Å²) >= 11 is 0. The zero-order valence-corrected chi connectivity index (χ0v) is 17.0. The number of nitrogens with zero attached hydrogens (tertiary/aromatic N) is 3. The van der Waals surface area contributed by atoms with Gasteiger partial charge in [-0.25, -0.2) is 4.68 Å². The average Bonchev–Trinajstić information content (AvgIpc) is 3.11. The predicted octanol–water partition coefficient (Wildman–Crippen LogP) is 3.02. The van der Waals surface area contributed by atoms with E-state index in [0.717, 1.165) is 17.7 Å². The normalized spacial score (nSPS) is 10.4. The van der Waals surface area contributed by atoms with Gasteiger partial charge in [-0.1, -0.05) is 37.3 Å². The minimum atomic E-state index is -0.188. The van der Waals surface area contributed by atoms with Gasteiger partial charge in [0.25, 0.3) is 5.91 Å². The number of hydrogen-bond donors (Lipinski definition) is 2. The molecule has 154 valence electrons. The average molecular weight is 403 g/mol. The van der Waals surface area contributed by atoms with Gasteiger partial charge >= 0.3 is 0 Å². The van der Waals surface area contributed by atoms with Crippen molar-refractivity contribution in [1.82, 2.24) is 15.1 Å². The summed E-state index contributed by atoms with van der Waals surface area (Å²) in [4.78, 5) is 12.0. The molecule has 0 spiro atoms. The molecule has 1 heterocycles. The molecule has 3 rings (SSSR count). The molecule has 0 radical (unpaired) electrons. The first-order valence-electron chi connectivity index (χ1n) is 9.93. The van der Waals surface area contributed by atoms with Gasteiger partial charge in [0.2, 0.25) is 0 Å². The number of nitrogens with two attached hydrogens (primary N) is 1. The summed E-state index contributed by atoms with van der Waals surface area (Å²) in [6, 6.07) is 19.3. The van der Waals surface area contributed by atoms with Gasteiger partial charge in [0.05, 0.1) is 11.4 Å². The van der Waals surface area contributed by atoms with Crippen molar-refractivity contribution in [3.63, 3.8) is 0 Å². The fourth-order valence-corrected chi connectivity index (χ4v) is 3.08. The first-order valence-corrected chi connectivity index (χ1v) is 9.93. The Balaban J connectivity index is 1.49. The Kier molecular flexibility index (Phi) is 7.06. The van der Waals surface area contributed by atoms with Crippen molar-refractivity contribution in [2.24, 2.45) is 0 Å². The van der Waals surface area contributed by atoms with Crippen molar-refractivity contribution in [2.45, 2.75) is 26.2 Å². The molecule has 0 saturated carbocycles. The number of carbonyl (C=O) groups is 1. The topological polar surface area (TPSA) is 106 Å². The standard InChI is InChI=1S/C23H25N5O2/c1-2-17-8-6-11-19(14-17)30-16-22(29)26-13-7-12-21-20(15-24)23(25)28(27-21)18-9-4-3-5-10-18/h3-6,8-11,14H,2,7,12-13,16,25H2,1H3,(H,26,29). The Labute approximate surface area is 176 Å². The van der Waals surface area contributed by atoms with Crippen LogP contribution in [0.25, 0.3) is 5.69 Å². The number of anilines is 1. The zero-order valence-electron chi connectivity index (χ0n) is 17.0. The number of aryl methyl sites for hydroxylation is 2. The highest BCUT2D eigenvalue weighted by Crippen LogP contribution is 2.21. The van der Waals surface area contributed by atoms with Crippen LogP contribution < -0.4 is 15.8 Å². The van der Waals surface area contributed by atoms with E-state index in [-0.39, 0.29) is 12.5 Å². The molecule has 2 aromatic carbocycles. The molecule has 0 aliphatic rings. The monoisotopic (exact) mass is 403 g/mol. The lowest BCUT2D eigenvalue weighted by Gasteiger charge is -2.08. The number of amides is 1. The molecule has 7 heteroatoms. The van der Waals surface area contributed by atoms with E-state index < -0.39 is 0 Å². The molecule has 1 aromatic heterocycles. The third kappa shape index (κ3) is 5.17. The van der Waals surface area contributed by atoms with E-state index in [2.05, 4.69) is 23.4 Å². The van der Waals surface area contributed by atoms with Gasteiger partial charge in [0.1, 0.15) is 23.2 Å². The molecular weight excluding hydrogens is 378 g/mol. The molecule has 0 aliphatic carbocycles. The Hall–Kier alpha value is -3.79. The number of rotatable bonds is 9. The molecule has 1 amide bonds. The van der Waals surface area contributed by atoms with E-state index in [1.54, 1.807) is 4.68 Å². The smallest absolute Gasteiger partial charge is 0.257 e. The van der Waals surface area contributed by atoms with Crippen molar-refractivity contribution in [2.75, 3.05) is 18.9 Å². The lowest BCUT2D eigenvalue weighted by molar-refractivity contribution is -0.123. The molecular formula is C23H25N5O2. The summed E-state index contributed by atoms with van der Waals surface area (Å²) in [5, 5.41) is 16.8. The third-order valence-corrected chi connectivity index (χ3v) is 4.70. The first kappa shape index (κ1) is 20.9.